The van der Waals surface area contributed by atoms with Crippen molar-refractivity contribution in [1.29, 1.82) is 0 Å². The molecule has 0 radical (unpaired) electrons. The molecule has 0 bridgehead atoms. The number of hydrogen-bond donors (Lipinski definition) is 2. The molecule has 21 heteroatoms. The number of carbonyl (C=O) groups is 2. The summed E-state index contributed by atoms with van der Waals surface area (Å²) in [4.78, 5) is 50.2. The highest BCUT2D eigenvalue weighted by molar-refractivity contribution is 6.33. The van der Waals surface area contributed by atoms with E-state index in [2.05, 4.69) is 42.1 Å². The summed E-state index contributed by atoms with van der Waals surface area (Å²) >= 11 is 12.8. The molecule has 0 unspecified atom stereocenters. The number of carboxylic acids is 1. The van der Waals surface area contributed by atoms with Gasteiger partial charge < -0.3 is 24.8 Å². The van der Waals surface area contributed by atoms with Crippen LogP contribution in [-0.2, 0) is 22.7 Å². The SMILES string of the molecule is CC(C)(C(=O)O)C(F)(F)F.CCN(Cc1ccc(Cl)c(-c2nc(OC)nc(-c3ccccc3)n2)c1)C(=O)C(C)(C)C(F)(F)F.CCNCc1ccc(Cl)c(-c2nc(OC)nc(-c3ccccc3)n2)c1. The van der Waals surface area contributed by atoms with Gasteiger partial charge in [-0.15, -0.1) is 0 Å². The molecular formula is C48H50Cl2F6N8O5. The molecule has 2 heterocycles. The van der Waals surface area contributed by atoms with E-state index in [1.807, 2.05) is 78.9 Å². The summed E-state index contributed by atoms with van der Waals surface area (Å²) in [6.45, 7) is 8.43. The number of aromatic nitrogens is 6. The summed E-state index contributed by atoms with van der Waals surface area (Å²) < 4.78 is 85.8. The number of ether oxygens (including phenoxy) is 2. The van der Waals surface area contributed by atoms with Crippen molar-refractivity contribution in [2.24, 2.45) is 10.8 Å². The average Bonchev–Trinajstić information content (AvgIpc) is 3.33. The molecule has 6 rings (SSSR count). The monoisotopic (exact) mass is 1000 g/mol. The van der Waals surface area contributed by atoms with E-state index in [-0.39, 0.29) is 30.9 Å². The molecule has 0 saturated carbocycles. The van der Waals surface area contributed by atoms with Gasteiger partial charge >= 0.3 is 30.3 Å². The van der Waals surface area contributed by atoms with Gasteiger partial charge in [-0.05, 0) is 76.6 Å². The molecule has 0 aliphatic carbocycles. The van der Waals surface area contributed by atoms with Crippen molar-refractivity contribution in [3.05, 3.63) is 118 Å². The van der Waals surface area contributed by atoms with Crippen LogP contribution in [0.1, 0.15) is 52.7 Å². The number of amides is 1. The molecule has 2 N–H and O–H groups in total. The molecule has 6 aromatic rings. The van der Waals surface area contributed by atoms with E-state index < -0.39 is 35.1 Å². The molecule has 4 aromatic carbocycles. The van der Waals surface area contributed by atoms with Crippen molar-refractivity contribution in [3.63, 3.8) is 0 Å². The van der Waals surface area contributed by atoms with Crippen LogP contribution in [0, 0.1) is 10.8 Å². The quantitative estimate of drug-likeness (QED) is 0.0994. The number of benzene rings is 4. The standard InChI is InChI=1S/C24H24ClF3N4O2.C19H19ClN4O.C5H7F3O2/c1-5-32(21(33)23(2,3)24(26,27)28)14-15-11-12-18(25)17(13-15)20-29-19(30-22(31-20)34-4)16-9-7-6-8-10-16;1-3-21-12-13-9-10-16(20)15(11-13)18-22-17(23-19(24-18)25-2)14-7-5-4-6-8-14;1-4(2,3(9)10)5(6,7)8/h6-13H,5,14H2,1-4H3;4-11,21H,3,12H2,1-2H3;1-2H3,(H,9,10). The minimum absolute atomic E-state index is 0.0349. The molecule has 13 nitrogen and oxygen atoms in total. The van der Waals surface area contributed by atoms with Gasteiger partial charge in [0, 0.05) is 41.9 Å². The summed E-state index contributed by atoms with van der Waals surface area (Å²) in [7, 11) is 2.97. The lowest BCUT2D eigenvalue weighted by Gasteiger charge is -2.32. The van der Waals surface area contributed by atoms with Crippen LogP contribution >= 0.6 is 23.2 Å². The van der Waals surface area contributed by atoms with Gasteiger partial charge in [-0.25, -0.2) is 9.97 Å². The maximum absolute atomic E-state index is 13.4. The van der Waals surface area contributed by atoms with E-state index in [0.717, 1.165) is 54.1 Å². The van der Waals surface area contributed by atoms with Crippen LogP contribution in [0.4, 0.5) is 26.3 Å². The van der Waals surface area contributed by atoms with Crippen molar-refractivity contribution >= 4 is 35.1 Å². The Morgan fingerprint density at radius 2 is 1.01 bits per heavy atom. The zero-order chi connectivity index (χ0) is 51.3. The lowest BCUT2D eigenvalue weighted by atomic mass is 9.90. The molecule has 0 spiro atoms. The van der Waals surface area contributed by atoms with Crippen LogP contribution in [0.25, 0.3) is 45.6 Å². The van der Waals surface area contributed by atoms with Gasteiger partial charge in [0.2, 0.25) is 5.91 Å². The lowest BCUT2D eigenvalue weighted by Crippen LogP contribution is -2.48. The van der Waals surface area contributed by atoms with Gasteiger partial charge in [-0.2, -0.15) is 46.3 Å². The Balaban J connectivity index is 0.000000258. The van der Waals surface area contributed by atoms with Crippen LogP contribution in [0.3, 0.4) is 0 Å². The summed E-state index contributed by atoms with van der Waals surface area (Å²) in [5.41, 5.74) is -0.629. The summed E-state index contributed by atoms with van der Waals surface area (Å²) in [5, 5.41) is 12.3. The molecule has 0 atom stereocenters. The average molecular weight is 1000 g/mol. The van der Waals surface area contributed by atoms with Crippen molar-refractivity contribution < 1.29 is 50.5 Å². The molecule has 0 saturated heterocycles. The Morgan fingerprint density at radius 1 is 0.609 bits per heavy atom. The predicted molar refractivity (Wildman–Crippen MR) is 250 cm³/mol. The summed E-state index contributed by atoms with van der Waals surface area (Å²) in [5.74, 6) is -1.21. The molecule has 0 aliphatic heterocycles. The minimum Gasteiger partial charge on any atom is -0.481 e. The van der Waals surface area contributed by atoms with Crippen molar-refractivity contribution in [2.75, 3.05) is 27.3 Å². The number of methoxy groups -OCH3 is 2. The fraction of sp³-hybridized carbons (Fsp3) is 0.333. The second kappa shape index (κ2) is 23.7. The van der Waals surface area contributed by atoms with E-state index in [0.29, 0.717) is 52.5 Å². The van der Waals surface area contributed by atoms with Crippen LogP contribution in [0.2, 0.25) is 10.0 Å². The van der Waals surface area contributed by atoms with Crippen molar-refractivity contribution in [3.8, 4) is 57.6 Å². The molecule has 1 amide bonds. The number of alkyl halides is 6. The number of carboxylic acid groups (broad SMARTS) is 1. The molecule has 0 fully saturated rings. The first-order chi connectivity index (χ1) is 32.4. The highest BCUT2D eigenvalue weighted by atomic mass is 35.5. The van der Waals surface area contributed by atoms with E-state index in [4.69, 9.17) is 37.8 Å². The first kappa shape index (κ1) is 55.2. The van der Waals surface area contributed by atoms with Crippen LogP contribution in [0.5, 0.6) is 12.0 Å². The van der Waals surface area contributed by atoms with Gasteiger partial charge in [-0.1, -0.05) is 103 Å². The number of rotatable bonds is 14. The second-order valence-corrected chi connectivity index (χ2v) is 16.8. The number of aliphatic carboxylic acids is 1. The molecular weight excluding hydrogens is 953 g/mol. The van der Waals surface area contributed by atoms with E-state index >= 15 is 0 Å². The minimum atomic E-state index is -4.68. The number of carbonyl (C=O) groups excluding carboxylic acids is 1. The zero-order valence-corrected chi connectivity index (χ0v) is 40.3. The third-order valence-electron chi connectivity index (χ3n) is 10.3. The molecule has 0 aliphatic rings. The number of nitrogens with zero attached hydrogens (tertiary/aromatic N) is 7. The largest absolute Gasteiger partial charge is 0.481 e. The third-order valence-corrected chi connectivity index (χ3v) is 11.0. The maximum atomic E-state index is 13.4. The van der Waals surface area contributed by atoms with Gasteiger partial charge in [0.25, 0.3) is 0 Å². The molecule has 368 valence electrons. The van der Waals surface area contributed by atoms with Gasteiger partial charge in [0.15, 0.2) is 28.7 Å². The Morgan fingerprint density at radius 3 is 1.38 bits per heavy atom. The van der Waals surface area contributed by atoms with E-state index in [9.17, 15) is 35.9 Å². The van der Waals surface area contributed by atoms with Gasteiger partial charge in [0.05, 0.1) is 24.3 Å². The predicted octanol–water partition coefficient (Wildman–Crippen LogP) is 11.4. The lowest BCUT2D eigenvalue weighted by molar-refractivity contribution is -0.221. The number of halogens is 8. The first-order valence-corrected chi connectivity index (χ1v) is 21.8. The van der Waals surface area contributed by atoms with Crippen LogP contribution < -0.4 is 14.8 Å². The fourth-order valence-corrected chi connectivity index (χ4v) is 6.12. The Bertz CT molecular complexity index is 2680. The van der Waals surface area contributed by atoms with Crippen LogP contribution in [-0.4, -0.2) is 91.4 Å². The van der Waals surface area contributed by atoms with Crippen LogP contribution in [0.15, 0.2) is 97.1 Å². The number of hydrogen-bond acceptors (Lipinski definition) is 11. The number of nitrogens with one attached hydrogen (secondary N) is 1. The van der Waals surface area contributed by atoms with E-state index in [1.54, 1.807) is 25.1 Å². The van der Waals surface area contributed by atoms with Crippen molar-refractivity contribution in [2.45, 2.75) is 67.0 Å². The van der Waals surface area contributed by atoms with Crippen molar-refractivity contribution in [1.82, 2.24) is 40.1 Å². The Hall–Kier alpha value is -6.44. The Kier molecular flexibility index (Phi) is 19.0. The first-order valence-electron chi connectivity index (χ1n) is 21.0. The summed E-state index contributed by atoms with van der Waals surface area (Å²) in [6, 6.07) is 30.0. The maximum Gasteiger partial charge on any atom is 0.404 e. The zero-order valence-electron chi connectivity index (χ0n) is 38.8. The second-order valence-electron chi connectivity index (χ2n) is 15.9. The normalized spacial score (nSPS) is 11.7. The van der Waals surface area contributed by atoms with Gasteiger partial charge in [-0.3, -0.25) is 9.59 Å². The molecule has 69 heavy (non-hydrogen) atoms. The smallest absolute Gasteiger partial charge is 0.404 e. The Labute approximate surface area is 405 Å². The molecule has 2 aromatic heterocycles. The third kappa shape index (κ3) is 14.3. The fourth-order valence-electron chi connectivity index (χ4n) is 5.72. The van der Waals surface area contributed by atoms with Gasteiger partial charge in [0.1, 0.15) is 5.41 Å². The summed E-state index contributed by atoms with van der Waals surface area (Å²) in [6.07, 6.45) is -9.35. The highest BCUT2D eigenvalue weighted by Crippen LogP contribution is 2.40. The highest BCUT2D eigenvalue weighted by Gasteiger charge is 2.54. The topological polar surface area (TPSA) is 165 Å². The van der Waals surface area contributed by atoms with E-state index in [1.165, 1.54) is 14.2 Å².